The van der Waals surface area contributed by atoms with Gasteiger partial charge in [-0.25, -0.2) is 4.99 Å². The molecule has 76 valence electrons. The van der Waals surface area contributed by atoms with Gasteiger partial charge in [0.2, 0.25) is 0 Å². The van der Waals surface area contributed by atoms with Crippen molar-refractivity contribution in [1.29, 1.82) is 0 Å². The summed E-state index contributed by atoms with van der Waals surface area (Å²) in [7, 11) is 3.93. The van der Waals surface area contributed by atoms with E-state index in [-0.39, 0.29) is 0 Å². The summed E-state index contributed by atoms with van der Waals surface area (Å²) in [6, 6.07) is 5.82. The maximum absolute atomic E-state index is 5.99. The largest absolute Gasteiger partial charge is 0.366 e. The molecule has 14 heavy (non-hydrogen) atoms. The van der Waals surface area contributed by atoms with Gasteiger partial charge in [0.25, 0.3) is 0 Å². The zero-order chi connectivity index (χ0) is 10.7. The predicted octanol–water partition coefficient (Wildman–Crippen LogP) is 3.26. The Morgan fingerprint density at radius 3 is 2.50 bits per heavy atom. The monoisotopic (exact) mass is 210 g/mol. The van der Waals surface area contributed by atoms with Crippen LogP contribution in [0.5, 0.6) is 0 Å². The molecule has 3 heteroatoms. The van der Waals surface area contributed by atoms with Gasteiger partial charge in [0.05, 0.1) is 5.69 Å². The zero-order valence-corrected chi connectivity index (χ0v) is 9.76. The summed E-state index contributed by atoms with van der Waals surface area (Å²) >= 11 is 5.99. The van der Waals surface area contributed by atoms with Gasteiger partial charge in [0, 0.05) is 19.1 Å². The number of hydrogen-bond donors (Lipinski definition) is 0. The number of benzene rings is 1. The van der Waals surface area contributed by atoms with E-state index in [0.29, 0.717) is 0 Å². The SMILES string of the molecule is C/C(=N\c1ccc(C)c(Cl)c1)N(C)C. The van der Waals surface area contributed by atoms with Gasteiger partial charge in [-0.2, -0.15) is 0 Å². The third kappa shape index (κ3) is 2.74. The lowest BCUT2D eigenvalue weighted by molar-refractivity contribution is 0.619. The van der Waals surface area contributed by atoms with Gasteiger partial charge in [-0.3, -0.25) is 0 Å². The Labute approximate surface area is 90.2 Å². The molecule has 0 atom stereocenters. The summed E-state index contributed by atoms with van der Waals surface area (Å²) in [6.07, 6.45) is 0. The number of hydrogen-bond acceptors (Lipinski definition) is 1. The molecule has 0 radical (unpaired) electrons. The summed E-state index contributed by atoms with van der Waals surface area (Å²) in [5, 5.41) is 0.762. The molecule has 2 nitrogen and oxygen atoms in total. The quantitative estimate of drug-likeness (QED) is 0.513. The average molecular weight is 211 g/mol. The topological polar surface area (TPSA) is 15.6 Å². The van der Waals surface area contributed by atoms with Crippen LogP contribution in [-0.4, -0.2) is 24.8 Å². The number of halogens is 1. The fourth-order valence-electron chi connectivity index (χ4n) is 0.938. The first-order chi connectivity index (χ1) is 6.50. The van der Waals surface area contributed by atoms with E-state index in [0.717, 1.165) is 22.1 Å². The van der Waals surface area contributed by atoms with E-state index in [1.165, 1.54) is 0 Å². The normalized spacial score (nSPS) is 11.6. The van der Waals surface area contributed by atoms with Crippen LogP contribution in [0.25, 0.3) is 0 Å². The van der Waals surface area contributed by atoms with Crippen LogP contribution in [0.4, 0.5) is 5.69 Å². The van der Waals surface area contributed by atoms with Crippen molar-refractivity contribution >= 4 is 23.1 Å². The molecule has 0 saturated carbocycles. The van der Waals surface area contributed by atoms with Gasteiger partial charge in [-0.05, 0) is 31.5 Å². The summed E-state index contributed by atoms with van der Waals surface area (Å²) in [4.78, 5) is 6.38. The predicted molar refractivity (Wildman–Crippen MR) is 62.6 cm³/mol. The van der Waals surface area contributed by atoms with Crippen LogP contribution in [0.15, 0.2) is 23.2 Å². The molecule has 0 fully saturated rings. The Hall–Kier alpha value is -1.02. The molecule has 0 aromatic heterocycles. The highest BCUT2D eigenvalue weighted by atomic mass is 35.5. The number of aliphatic imine (C=N–C) groups is 1. The average Bonchev–Trinajstić information content (AvgIpc) is 2.11. The van der Waals surface area contributed by atoms with Gasteiger partial charge in [0.15, 0.2) is 0 Å². The first-order valence-corrected chi connectivity index (χ1v) is 4.87. The van der Waals surface area contributed by atoms with E-state index >= 15 is 0 Å². The Morgan fingerprint density at radius 1 is 1.36 bits per heavy atom. The molecule has 0 heterocycles. The highest BCUT2D eigenvalue weighted by molar-refractivity contribution is 6.31. The second-order valence-corrected chi connectivity index (χ2v) is 3.89. The van der Waals surface area contributed by atoms with E-state index in [1.807, 2.05) is 51.0 Å². The van der Waals surface area contributed by atoms with E-state index in [9.17, 15) is 0 Å². The van der Waals surface area contributed by atoms with Crippen molar-refractivity contribution in [3.05, 3.63) is 28.8 Å². The minimum absolute atomic E-state index is 0.762. The summed E-state index contributed by atoms with van der Waals surface area (Å²) in [5.74, 6) is 0.963. The molecule has 1 rings (SSSR count). The second-order valence-electron chi connectivity index (χ2n) is 3.49. The molecule has 0 aliphatic heterocycles. The molecule has 0 aliphatic carbocycles. The lowest BCUT2D eigenvalue weighted by Gasteiger charge is -2.11. The van der Waals surface area contributed by atoms with E-state index in [4.69, 9.17) is 11.6 Å². The zero-order valence-electron chi connectivity index (χ0n) is 9.00. The molecule has 0 N–H and O–H groups in total. The van der Waals surface area contributed by atoms with Crippen molar-refractivity contribution in [3.63, 3.8) is 0 Å². The molecule has 1 aromatic carbocycles. The van der Waals surface area contributed by atoms with Crippen molar-refractivity contribution < 1.29 is 0 Å². The molecule has 0 amide bonds. The number of rotatable bonds is 1. The van der Waals surface area contributed by atoms with Crippen molar-refractivity contribution in [1.82, 2.24) is 4.90 Å². The van der Waals surface area contributed by atoms with Crippen LogP contribution >= 0.6 is 11.6 Å². The van der Waals surface area contributed by atoms with Crippen molar-refractivity contribution in [3.8, 4) is 0 Å². The Bertz CT molecular complexity index is 356. The maximum Gasteiger partial charge on any atom is 0.101 e. The van der Waals surface area contributed by atoms with Crippen molar-refractivity contribution in [2.24, 2.45) is 4.99 Å². The van der Waals surface area contributed by atoms with E-state index < -0.39 is 0 Å². The smallest absolute Gasteiger partial charge is 0.101 e. The summed E-state index contributed by atoms with van der Waals surface area (Å²) in [6.45, 7) is 3.95. The molecule has 0 aliphatic rings. The summed E-state index contributed by atoms with van der Waals surface area (Å²) in [5.41, 5.74) is 1.97. The first-order valence-electron chi connectivity index (χ1n) is 4.49. The van der Waals surface area contributed by atoms with Gasteiger partial charge >= 0.3 is 0 Å². The number of aryl methyl sites for hydroxylation is 1. The van der Waals surface area contributed by atoms with Crippen LogP contribution in [0.2, 0.25) is 5.02 Å². The molecular weight excluding hydrogens is 196 g/mol. The van der Waals surface area contributed by atoms with Crippen LogP contribution in [0.3, 0.4) is 0 Å². The fraction of sp³-hybridized carbons (Fsp3) is 0.364. The Morgan fingerprint density at radius 2 is 2.00 bits per heavy atom. The molecule has 0 saturated heterocycles. The minimum atomic E-state index is 0.762. The van der Waals surface area contributed by atoms with Crippen LogP contribution in [-0.2, 0) is 0 Å². The lowest BCUT2D eigenvalue weighted by Crippen LogP contribution is -2.17. The second kappa shape index (κ2) is 4.47. The third-order valence-electron chi connectivity index (χ3n) is 2.09. The standard InChI is InChI=1S/C11H15ClN2/c1-8-5-6-10(7-11(8)12)13-9(2)14(3)4/h5-7H,1-4H3/b13-9+. The van der Waals surface area contributed by atoms with Crippen molar-refractivity contribution in [2.75, 3.05) is 14.1 Å². The molecular formula is C11H15ClN2. The molecule has 1 aromatic rings. The highest BCUT2D eigenvalue weighted by Gasteiger charge is 1.98. The van der Waals surface area contributed by atoms with Gasteiger partial charge in [0.1, 0.15) is 5.84 Å². The van der Waals surface area contributed by atoms with E-state index in [1.54, 1.807) is 0 Å². The lowest BCUT2D eigenvalue weighted by atomic mass is 10.2. The van der Waals surface area contributed by atoms with E-state index in [2.05, 4.69) is 4.99 Å². The third-order valence-corrected chi connectivity index (χ3v) is 2.50. The van der Waals surface area contributed by atoms with Gasteiger partial charge in [-0.1, -0.05) is 17.7 Å². The molecule has 0 spiro atoms. The van der Waals surface area contributed by atoms with Crippen LogP contribution < -0.4 is 0 Å². The van der Waals surface area contributed by atoms with Gasteiger partial charge < -0.3 is 4.90 Å². The molecule has 0 bridgehead atoms. The maximum atomic E-state index is 5.99. The number of nitrogens with zero attached hydrogens (tertiary/aromatic N) is 2. The summed E-state index contributed by atoms with van der Waals surface area (Å²) < 4.78 is 0. The fourth-order valence-corrected chi connectivity index (χ4v) is 1.11. The van der Waals surface area contributed by atoms with Crippen LogP contribution in [0.1, 0.15) is 12.5 Å². The first kappa shape index (κ1) is 11.1. The van der Waals surface area contributed by atoms with Gasteiger partial charge in [-0.15, -0.1) is 0 Å². The Balaban J connectivity index is 2.98. The number of amidine groups is 1. The Kier molecular flexibility index (Phi) is 3.53. The highest BCUT2D eigenvalue weighted by Crippen LogP contribution is 2.22. The van der Waals surface area contributed by atoms with Crippen LogP contribution in [0, 0.1) is 6.92 Å². The van der Waals surface area contributed by atoms with Crippen molar-refractivity contribution in [2.45, 2.75) is 13.8 Å². The minimum Gasteiger partial charge on any atom is -0.366 e. The molecule has 0 unspecified atom stereocenters.